The molecule has 0 radical (unpaired) electrons. The number of hydrogen-bond donors (Lipinski definition) is 1. The number of benzene rings is 1. The summed E-state index contributed by atoms with van der Waals surface area (Å²) in [6, 6.07) is 5.00. The molecular formula is C14H13NO5. The monoisotopic (exact) mass is 275 g/mol. The Morgan fingerprint density at radius 2 is 2.20 bits per heavy atom. The van der Waals surface area contributed by atoms with E-state index in [0.29, 0.717) is 17.7 Å². The predicted molar refractivity (Wildman–Crippen MR) is 73.4 cm³/mol. The van der Waals surface area contributed by atoms with Gasteiger partial charge in [0.1, 0.15) is 0 Å². The lowest BCUT2D eigenvalue weighted by molar-refractivity contribution is -0.142. The number of nitrogens with one attached hydrogen (secondary N) is 1. The van der Waals surface area contributed by atoms with Crippen LogP contribution in [0, 0.1) is 0 Å². The summed E-state index contributed by atoms with van der Waals surface area (Å²) < 4.78 is 9.29. The minimum absolute atomic E-state index is 0.110. The Morgan fingerprint density at radius 3 is 2.95 bits per heavy atom. The van der Waals surface area contributed by atoms with Crippen LogP contribution in [0.3, 0.4) is 0 Å². The Balaban J connectivity index is 2.36. The van der Waals surface area contributed by atoms with Crippen molar-refractivity contribution >= 4 is 22.9 Å². The van der Waals surface area contributed by atoms with Gasteiger partial charge in [-0.15, -0.1) is 0 Å². The molecule has 6 nitrogen and oxygen atoms in total. The Kier molecular flexibility index (Phi) is 4.14. The van der Waals surface area contributed by atoms with E-state index in [-0.39, 0.29) is 17.8 Å². The van der Waals surface area contributed by atoms with E-state index < -0.39 is 11.4 Å². The SMILES string of the molecule is CCOC(=O)CC=Cc1cccc2[nH]c(=O)oc(=O)c12. The van der Waals surface area contributed by atoms with Crippen molar-refractivity contribution in [1.29, 1.82) is 0 Å². The van der Waals surface area contributed by atoms with E-state index in [1.165, 1.54) is 0 Å². The number of H-pyrrole nitrogens is 1. The van der Waals surface area contributed by atoms with Gasteiger partial charge >= 0.3 is 17.4 Å². The number of fused-ring (bicyclic) bond motifs is 1. The molecule has 0 aliphatic rings. The number of carbonyl (C=O) groups is 1. The summed E-state index contributed by atoms with van der Waals surface area (Å²) in [5.74, 6) is -1.14. The fourth-order valence-electron chi connectivity index (χ4n) is 1.81. The molecule has 0 aliphatic heterocycles. The van der Waals surface area contributed by atoms with Gasteiger partial charge in [-0.3, -0.25) is 9.78 Å². The second-order valence-electron chi connectivity index (χ2n) is 3.98. The van der Waals surface area contributed by atoms with Crippen molar-refractivity contribution in [3.63, 3.8) is 0 Å². The van der Waals surface area contributed by atoms with E-state index in [4.69, 9.17) is 4.74 Å². The van der Waals surface area contributed by atoms with Gasteiger partial charge in [-0.2, -0.15) is 0 Å². The van der Waals surface area contributed by atoms with E-state index >= 15 is 0 Å². The molecule has 20 heavy (non-hydrogen) atoms. The lowest BCUT2D eigenvalue weighted by atomic mass is 10.1. The molecule has 1 N–H and O–H groups in total. The van der Waals surface area contributed by atoms with Crippen molar-refractivity contribution in [3.05, 3.63) is 50.8 Å². The number of esters is 1. The second-order valence-corrected chi connectivity index (χ2v) is 3.98. The van der Waals surface area contributed by atoms with E-state index in [9.17, 15) is 14.4 Å². The van der Waals surface area contributed by atoms with Gasteiger partial charge < -0.3 is 9.15 Å². The molecule has 0 bridgehead atoms. The van der Waals surface area contributed by atoms with Crippen LogP contribution in [0.2, 0.25) is 0 Å². The van der Waals surface area contributed by atoms with Gasteiger partial charge in [0.25, 0.3) is 0 Å². The van der Waals surface area contributed by atoms with Gasteiger partial charge in [-0.25, -0.2) is 9.59 Å². The van der Waals surface area contributed by atoms with Crippen molar-refractivity contribution < 1.29 is 13.9 Å². The van der Waals surface area contributed by atoms with Crippen LogP contribution in [0.15, 0.2) is 38.3 Å². The minimum Gasteiger partial charge on any atom is -0.466 e. The minimum atomic E-state index is -0.796. The average molecular weight is 275 g/mol. The number of ether oxygens (including phenoxy) is 1. The van der Waals surface area contributed by atoms with Crippen LogP contribution in [-0.4, -0.2) is 17.6 Å². The first-order valence-electron chi connectivity index (χ1n) is 6.10. The third-order valence-electron chi connectivity index (χ3n) is 2.61. The highest BCUT2D eigenvalue weighted by Gasteiger charge is 2.06. The zero-order valence-corrected chi connectivity index (χ0v) is 10.8. The van der Waals surface area contributed by atoms with Crippen LogP contribution in [0.25, 0.3) is 17.0 Å². The van der Waals surface area contributed by atoms with Gasteiger partial charge in [0, 0.05) is 0 Å². The number of hydrogen-bond acceptors (Lipinski definition) is 5. The van der Waals surface area contributed by atoms with E-state index in [1.807, 2.05) is 0 Å². The molecular weight excluding hydrogens is 262 g/mol. The first-order chi connectivity index (χ1) is 9.61. The molecule has 1 aromatic heterocycles. The molecule has 104 valence electrons. The molecule has 0 spiro atoms. The molecule has 6 heteroatoms. The van der Waals surface area contributed by atoms with Gasteiger partial charge in [0.15, 0.2) is 0 Å². The van der Waals surface area contributed by atoms with E-state index in [2.05, 4.69) is 9.40 Å². The van der Waals surface area contributed by atoms with Crippen LogP contribution in [0.4, 0.5) is 0 Å². The van der Waals surface area contributed by atoms with Crippen LogP contribution in [-0.2, 0) is 9.53 Å². The second kappa shape index (κ2) is 6.01. The number of aromatic nitrogens is 1. The van der Waals surface area contributed by atoms with Gasteiger partial charge in [-0.05, 0) is 18.6 Å². The van der Waals surface area contributed by atoms with E-state index in [1.54, 1.807) is 37.3 Å². The van der Waals surface area contributed by atoms with Crippen molar-refractivity contribution in [1.82, 2.24) is 4.98 Å². The maximum Gasteiger partial charge on any atom is 0.419 e. The molecule has 1 aromatic carbocycles. The van der Waals surface area contributed by atoms with E-state index in [0.717, 1.165) is 0 Å². The zero-order valence-electron chi connectivity index (χ0n) is 10.8. The van der Waals surface area contributed by atoms with Crippen LogP contribution in [0.5, 0.6) is 0 Å². The smallest absolute Gasteiger partial charge is 0.419 e. The van der Waals surface area contributed by atoms with Crippen LogP contribution >= 0.6 is 0 Å². The van der Waals surface area contributed by atoms with Gasteiger partial charge in [0.2, 0.25) is 0 Å². The zero-order chi connectivity index (χ0) is 14.5. The molecule has 0 saturated heterocycles. The molecule has 0 saturated carbocycles. The van der Waals surface area contributed by atoms with Crippen LogP contribution in [0.1, 0.15) is 18.9 Å². The topological polar surface area (TPSA) is 89.4 Å². The maximum absolute atomic E-state index is 11.7. The Hall–Kier alpha value is -2.63. The fraction of sp³-hybridized carbons (Fsp3) is 0.214. The summed E-state index contributed by atoms with van der Waals surface area (Å²) in [7, 11) is 0. The third-order valence-corrected chi connectivity index (χ3v) is 2.61. The molecule has 1 heterocycles. The Morgan fingerprint density at radius 1 is 1.40 bits per heavy atom. The standard InChI is InChI=1S/C14H13NO5/c1-2-19-11(16)8-4-6-9-5-3-7-10-12(9)13(17)20-14(18)15-10/h3-7H,2,8H2,1H3,(H,15,18). The predicted octanol–water partition coefficient (Wildman–Crippen LogP) is 1.45. The number of rotatable bonds is 4. The van der Waals surface area contributed by atoms with Crippen molar-refractivity contribution in [2.45, 2.75) is 13.3 Å². The summed E-state index contributed by atoms with van der Waals surface area (Å²) in [5.41, 5.74) is 0.251. The fourth-order valence-corrected chi connectivity index (χ4v) is 1.81. The number of carbonyl (C=O) groups excluding carboxylic acids is 1. The molecule has 2 rings (SSSR count). The van der Waals surface area contributed by atoms with Crippen LogP contribution < -0.4 is 11.4 Å². The lowest BCUT2D eigenvalue weighted by Crippen LogP contribution is -2.15. The Labute approximate surface area is 113 Å². The molecule has 2 aromatic rings. The highest BCUT2D eigenvalue weighted by molar-refractivity contribution is 5.87. The molecule has 0 fully saturated rings. The Bertz CT molecular complexity index is 769. The molecule has 0 aliphatic carbocycles. The molecule has 0 atom stereocenters. The highest BCUT2D eigenvalue weighted by Crippen LogP contribution is 2.13. The third kappa shape index (κ3) is 3.03. The molecule has 0 unspecified atom stereocenters. The van der Waals surface area contributed by atoms with Crippen molar-refractivity contribution in [2.24, 2.45) is 0 Å². The van der Waals surface area contributed by atoms with Crippen molar-refractivity contribution in [2.75, 3.05) is 6.61 Å². The normalized spacial score (nSPS) is 11.1. The first-order valence-corrected chi connectivity index (χ1v) is 6.10. The quantitative estimate of drug-likeness (QED) is 0.853. The molecule has 0 amide bonds. The number of aromatic amines is 1. The summed E-state index contributed by atoms with van der Waals surface area (Å²) >= 11 is 0. The summed E-state index contributed by atoms with van der Waals surface area (Å²) in [5, 5.41) is 0.271. The highest BCUT2D eigenvalue weighted by atomic mass is 16.5. The van der Waals surface area contributed by atoms with Gasteiger partial charge in [-0.1, -0.05) is 24.3 Å². The largest absolute Gasteiger partial charge is 0.466 e. The maximum atomic E-state index is 11.7. The summed E-state index contributed by atoms with van der Waals surface area (Å²) in [4.78, 5) is 36.4. The van der Waals surface area contributed by atoms with Gasteiger partial charge in [0.05, 0.1) is 23.9 Å². The summed E-state index contributed by atoms with van der Waals surface area (Å²) in [6.07, 6.45) is 3.32. The first kappa shape index (κ1) is 13.8. The summed E-state index contributed by atoms with van der Waals surface area (Å²) in [6.45, 7) is 2.06. The average Bonchev–Trinajstić information content (AvgIpc) is 2.38. The lowest BCUT2D eigenvalue weighted by Gasteiger charge is -2.00. The van der Waals surface area contributed by atoms with Crippen molar-refractivity contribution in [3.8, 4) is 0 Å².